The summed E-state index contributed by atoms with van der Waals surface area (Å²) in [5.74, 6) is -3.08. The van der Waals surface area contributed by atoms with Crippen molar-refractivity contribution in [2.45, 2.75) is 13.8 Å². The van der Waals surface area contributed by atoms with Gasteiger partial charge in [-0.15, -0.1) is 0 Å². The van der Waals surface area contributed by atoms with E-state index in [0.29, 0.717) is 11.1 Å². The molecule has 5 heteroatoms. The molecule has 0 spiro atoms. The summed E-state index contributed by atoms with van der Waals surface area (Å²) >= 11 is 0. The van der Waals surface area contributed by atoms with Gasteiger partial charge in [-0.05, 0) is 31.0 Å². The Kier molecular flexibility index (Phi) is 7.38. The number of pyridine rings is 1. The smallest absolute Gasteiger partial charge is 0.235 e. The van der Waals surface area contributed by atoms with Crippen molar-refractivity contribution < 1.29 is 19.2 Å². The molecule has 0 aliphatic carbocycles. The third-order valence-electron chi connectivity index (χ3n) is 6.80. The molecule has 0 bridgehead atoms. The van der Waals surface area contributed by atoms with Crippen LogP contribution >= 0.6 is 0 Å². The van der Waals surface area contributed by atoms with E-state index in [1.807, 2.05) is 62.4 Å². The molecule has 0 atom stereocenters. The van der Waals surface area contributed by atoms with E-state index in [1.54, 1.807) is 60.7 Å². The number of aryl methyl sites for hydroxylation is 2. The van der Waals surface area contributed by atoms with Crippen molar-refractivity contribution in [3.63, 3.8) is 0 Å². The number of carbonyl (C=O) groups excluding carboxylic acids is 4. The molecule has 0 radical (unpaired) electrons. The lowest BCUT2D eigenvalue weighted by Gasteiger charge is -2.17. The topological polar surface area (TPSA) is 81.2 Å². The molecule has 5 aromatic rings. The normalized spacial score (nSPS) is 10.7. The monoisotopic (exact) mass is 523 g/mol. The first-order valence-corrected chi connectivity index (χ1v) is 12.8. The van der Waals surface area contributed by atoms with Crippen molar-refractivity contribution in [3.05, 3.63) is 149 Å². The Bertz CT molecular complexity index is 1640. The van der Waals surface area contributed by atoms with Crippen LogP contribution in [-0.4, -0.2) is 28.1 Å². The lowest BCUT2D eigenvalue weighted by atomic mass is 9.89. The summed E-state index contributed by atoms with van der Waals surface area (Å²) in [7, 11) is 0. The lowest BCUT2D eigenvalue weighted by Crippen LogP contribution is -2.21. The van der Waals surface area contributed by atoms with E-state index in [-0.39, 0.29) is 33.6 Å². The number of ketones is 4. The molecule has 5 rings (SSSR count). The molecule has 1 aromatic heterocycles. The van der Waals surface area contributed by atoms with Crippen LogP contribution in [0.15, 0.2) is 115 Å². The summed E-state index contributed by atoms with van der Waals surface area (Å²) in [5.41, 5.74) is 3.89. The molecular formula is C35H25NO4. The zero-order chi connectivity index (χ0) is 28.2. The molecule has 0 saturated carbocycles. The number of carbonyl (C=O) groups is 4. The predicted molar refractivity (Wildman–Crippen MR) is 155 cm³/mol. The minimum atomic E-state index is -0.811. The van der Waals surface area contributed by atoms with E-state index in [1.165, 1.54) is 6.07 Å². The molecule has 0 aliphatic heterocycles. The van der Waals surface area contributed by atoms with Gasteiger partial charge in [0.15, 0.2) is 0 Å². The second-order valence-electron chi connectivity index (χ2n) is 9.46. The molecule has 4 aromatic carbocycles. The molecule has 0 fully saturated rings. The molecule has 40 heavy (non-hydrogen) atoms. The molecule has 0 N–H and O–H groups in total. The molecule has 0 saturated heterocycles. The van der Waals surface area contributed by atoms with Crippen LogP contribution in [0.1, 0.15) is 52.6 Å². The van der Waals surface area contributed by atoms with E-state index in [4.69, 9.17) is 4.98 Å². The summed E-state index contributed by atoms with van der Waals surface area (Å²) in [4.78, 5) is 59.1. The first-order chi connectivity index (χ1) is 19.4. The van der Waals surface area contributed by atoms with Gasteiger partial charge in [0, 0.05) is 22.3 Å². The number of aromatic nitrogens is 1. The Hall–Kier alpha value is -5.29. The lowest BCUT2D eigenvalue weighted by molar-refractivity contribution is 0.0812. The van der Waals surface area contributed by atoms with Crippen LogP contribution < -0.4 is 0 Å². The maximum atomic E-state index is 13.8. The Labute approximate surface area is 232 Å². The van der Waals surface area contributed by atoms with Crippen LogP contribution in [0.25, 0.3) is 22.5 Å². The third kappa shape index (κ3) is 5.05. The highest BCUT2D eigenvalue weighted by Gasteiger charge is 2.30. The quantitative estimate of drug-likeness (QED) is 0.159. The van der Waals surface area contributed by atoms with Crippen molar-refractivity contribution in [2.24, 2.45) is 0 Å². The Balaban J connectivity index is 1.80. The van der Waals surface area contributed by atoms with Crippen LogP contribution in [0.2, 0.25) is 0 Å². The van der Waals surface area contributed by atoms with Crippen molar-refractivity contribution in [1.82, 2.24) is 4.98 Å². The van der Waals surface area contributed by atoms with E-state index < -0.39 is 23.1 Å². The minimum Gasteiger partial charge on any atom is -0.285 e. The molecule has 0 aliphatic rings. The highest BCUT2D eigenvalue weighted by Crippen LogP contribution is 2.34. The Morgan fingerprint density at radius 2 is 0.800 bits per heavy atom. The van der Waals surface area contributed by atoms with Gasteiger partial charge in [-0.3, -0.25) is 19.2 Å². The molecule has 5 nitrogen and oxygen atoms in total. The van der Waals surface area contributed by atoms with Gasteiger partial charge in [0.05, 0.1) is 22.5 Å². The molecule has 0 amide bonds. The zero-order valence-corrected chi connectivity index (χ0v) is 22.0. The van der Waals surface area contributed by atoms with E-state index in [0.717, 1.165) is 11.1 Å². The highest BCUT2D eigenvalue weighted by molar-refractivity contribution is 6.52. The van der Waals surface area contributed by atoms with Gasteiger partial charge in [-0.25, -0.2) is 4.98 Å². The van der Waals surface area contributed by atoms with Gasteiger partial charge in [0.25, 0.3) is 0 Å². The maximum absolute atomic E-state index is 13.8. The Morgan fingerprint density at radius 1 is 0.450 bits per heavy atom. The van der Waals surface area contributed by atoms with Crippen LogP contribution in [0.4, 0.5) is 0 Å². The number of hydrogen-bond donors (Lipinski definition) is 0. The highest BCUT2D eigenvalue weighted by atomic mass is 16.2. The first-order valence-electron chi connectivity index (χ1n) is 12.8. The minimum absolute atomic E-state index is 0.0373. The maximum Gasteiger partial charge on any atom is 0.235 e. The number of benzene rings is 4. The van der Waals surface area contributed by atoms with Crippen LogP contribution in [0, 0.1) is 13.8 Å². The van der Waals surface area contributed by atoms with Crippen LogP contribution in [0.5, 0.6) is 0 Å². The average Bonchev–Trinajstić information content (AvgIpc) is 3.00. The number of rotatable bonds is 8. The second kappa shape index (κ2) is 11.2. The third-order valence-corrected chi connectivity index (χ3v) is 6.80. The zero-order valence-electron chi connectivity index (χ0n) is 22.0. The van der Waals surface area contributed by atoms with Crippen molar-refractivity contribution in [2.75, 3.05) is 0 Å². The van der Waals surface area contributed by atoms with Crippen molar-refractivity contribution in [3.8, 4) is 22.5 Å². The fraction of sp³-hybridized carbons (Fsp3) is 0.0571. The van der Waals surface area contributed by atoms with E-state index in [2.05, 4.69) is 0 Å². The van der Waals surface area contributed by atoms with E-state index in [9.17, 15) is 19.2 Å². The average molecular weight is 524 g/mol. The van der Waals surface area contributed by atoms with Gasteiger partial charge in [0.1, 0.15) is 0 Å². The van der Waals surface area contributed by atoms with Crippen LogP contribution in [0.3, 0.4) is 0 Å². The van der Waals surface area contributed by atoms with Crippen molar-refractivity contribution in [1.29, 1.82) is 0 Å². The molecule has 1 heterocycles. The molecule has 0 unspecified atom stereocenters. The number of Topliss-reactive ketones (excluding diaryl/α,β-unsaturated/α-hetero) is 4. The summed E-state index contributed by atoms with van der Waals surface area (Å²) in [6.45, 7) is 3.77. The standard InChI is InChI=1S/C35H25NO4/c1-22-13-9-11-19-26(22)30-28(34(39)32(37)24-15-5-3-6-16-24)21-29(31(36-30)27-20-12-10-14-23(27)2)35(40)33(38)25-17-7-4-8-18-25/h3-21H,1-2H3. The van der Waals surface area contributed by atoms with Gasteiger partial charge >= 0.3 is 0 Å². The van der Waals surface area contributed by atoms with Crippen molar-refractivity contribution >= 4 is 23.1 Å². The fourth-order valence-corrected chi connectivity index (χ4v) is 4.63. The summed E-state index contributed by atoms with van der Waals surface area (Å²) < 4.78 is 0. The van der Waals surface area contributed by atoms with Gasteiger partial charge < -0.3 is 0 Å². The van der Waals surface area contributed by atoms with E-state index >= 15 is 0 Å². The summed E-state index contributed by atoms with van der Waals surface area (Å²) in [5, 5.41) is 0. The number of nitrogens with zero attached hydrogens (tertiary/aromatic N) is 1. The van der Waals surface area contributed by atoms with Gasteiger partial charge in [-0.2, -0.15) is 0 Å². The summed E-state index contributed by atoms with van der Waals surface area (Å²) in [6, 6.07) is 32.6. The first kappa shape index (κ1) is 26.3. The van der Waals surface area contributed by atoms with Gasteiger partial charge in [-0.1, -0.05) is 109 Å². The number of hydrogen-bond acceptors (Lipinski definition) is 5. The van der Waals surface area contributed by atoms with Gasteiger partial charge in [0.2, 0.25) is 23.1 Å². The summed E-state index contributed by atoms with van der Waals surface area (Å²) in [6.07, 6.45) is 0. The van der Waals surface area contributed by atoms with Crippen LogP contribution in [-0.2, 0) is 0 Å². The predicted octanol–water partition coefficient (Wildman–Crippen LogP) is 7.16. The molecule has 194 valence electrons. The fourth-order valence-electron chi connectivity index (χ4n) is 4.63. The SMILES string of the molecule is Cc1ccccc1-c1nc(-c2ccccc2C)c(C(=O)C(=O)c2ccccc2)cc1C(=O)C(=O)c1ccccc1. The second-order valence-corrected chi connectivity index (χ2v) is 9.46. The molecular weight excluding hydrogens is 498 g/mol. The Morgan fingerprint density at radius 3 is 1.18 bits per heavy atom. The largest absolute Gasteiger partial charge is 0.285 e.